The topological polar surface area (TPSA) is 101 Å². The summed E-state index contributed by atoms with van der Waals surface area (Å²) in [6.07, 6.45) is 0.340. The number of halogens is 1. The minimum absolute atomic E-state index is 0.0981. The van der Waals surface area contributed by atoms with E-state index in [4.69, 9.17) is 17.3 Å². The first-order valence-corrected chi connectivity index (χ1v) is 14.3. The van der Waals surface area contributed by atoms with Crippen molar-refractivity contribution in [3.8, 4) is 0 Å². The number of carbonyl (C=O) groups is 2. The molecule has 0 saturated carbocycles. The molecule has 1 fully saturated rings. The fraction of sp³-hybridized carbons (Fsp3) is 0.185. The van der Waals surface area contributed by atoms with Crippen molar-refractivity contribution in [1.29, 1.82) is 0 Å². The zero-order chi connectivity index (χ0) is 26.2. The number of amides is 2. The van der Waals surface area contributed by atoms with Crippen LogP contribution < -0.4 is 5.73 Å². The third-order valence-corrected chi connectivity index (χ3v) is 10.2. The largest absolute Gasteiger partial charge is 0.366 e. The molecule has 1 saturated heterocycles. The van der Waals surface area contributed by atoms with E-state index in [1.807, 2.05) is 42.5 Å². The molecule has 5 rings (SSSR count). The maximum Gasteiger partial charge on any atom is 0.254 e. The lowest BCUT2D eigenvalue weighted by molar-refractivity contribution is 0.0700. The van der Waals surface area contributed by atoms with Crippen molar-refractivity contribution in [1.82, 2.24) is 9.21 Å². The van der Waals surface area contributed by atoms with Crippen LogP contribution in [0.5, 0.6) is 0 Å². The second-order valence-corrected chi connectivity index (χ2v) is 12.6. The van der Waals surface area contributed by atoms with Gasteiger partial charge in [-0.3, -0.25) is 9.59 Å². The number of nitrogens with two attached hydrogens (primary N) is 1. The van der Waals surface area contributed by atoms with Crippen LogP contribution in [0, 0.1) is 0 Å². The third-order valence-electron chi connectivity index (χ3n) is 6.47. The van der Waals surface area contributed by atoms with E-state index in [0.29, 0.717) is 41.2 Å². The molecular formula is C27H24ClN3O4S2. The molecule has 190 valence electrons. The number of thiophene rings is 1. The summed E-state index contributed by atoms with van der Waals surface area (Å²) in [4.78, 5) is 27.5. The van der Waals surface area contributed by atoms with Crippen LogP contribution in [0.1, 0.15) is 31.2 Å². The number of benzene rings is 3. The SMILES string of the molecule is NC(=O)c1ccc(Cl)cc1Cc1ccc(S(=O)(=O)N2CCN(C(=O)c3cccc4ccccc34)CC2)s1. The third kappa shape index (κ3) is 5.13. The Balaban J connectivity index is 1.28. The molecule has 0 spiro atoms. The van der Waals surface area contributed by atoms with Gasteiger partial charge in [-0.2, -0.15) is 4.31 Å². The summed E-state index contributed by atoms with van der Waals surface area (Å²) in [5.74, 6) is -0.661. The second kappa shape index (κ2) is 10.3. The zero-order valence-corrected chi connectivity index (χ0v) is 22.2. The molecule has 2 amide bonds. The number of nitrogens with zero attached hydrogens (tertiary/aromatic N) is 2. The zero-order valence-electron chi connectivity index (χ0n) is 19.8. The summed E-state index contributed by atoms with van der Waals surface area (Å²) in [5.41, 5.74) is 7.10. The highest BCUT2D eigenvalue weighted by atomic mass is 35.5. The molecule has 10 heteroatoms. The summed E-state index contributed by atoms with van der Waals surface area (Å²) in [6, 6.07) is 21.5. The van der Waals surface area contributed by atoms with Crippen molar-refractivity contribution in [2.75, 3.05) is 26.2 Å². The summed E-state index contributed by atoms with van der Waals surface area (Å²) in [6.45, 7) is 1.05. The van der Waals surface area contributed by atoms with E-state index in [0.717, 1.165) is 27.0 Å². The average Bonchev–Trinajstić information content (AvgIpc) is 3.37. The van der Waals surface area contributed by atoms with Crippen LogP contribution in [0.15, 0.2) is 77.0 Å². The predicted molar refractivity (Wildman–Crippen MR) is 146 cm³/mol. The summed E-state index contributed by atoms with van der Waals surface area (Å²) >= 11 is 7.24. The number of hydrogen-bond donors (Lipinski definition) is 1. The quantitative estimate of drug-likeness (QED) is 0.382. The number of primary amides is 1. The molecule has 0 atom stereocenters. The van der Waals surface area contributed by atoms with E-state index in [-0.39, 0.29) is 23.2 Å². The van der Waals surface area contributed by atoms with Crippen LogP contribution >= 0.6 is 22.9 Å². The second-order valence-electron chi connectivity index (χ2n) is 8.79. The molecule has 3 aromatic carbocycles. The molecule has 0 aliphatic carbocycles. The minimum Gasteiger partial charge on any atom is -0.366 e. The lowest BCUT2D eigenvalue weighted by Gasteiger charge is -2.34. The van der Waals surface area contributed by atoms with Gasteiger partial charge in [0.25, 0.3) is 15.9 Å². The first-order chi connectivity index (χ1) is 17.7. The van der Waals surface area contributed by atoms with Gasteiger partial charge < -0.3 is 10.6 Å². The van der Waals surface area contributed by atoms with Gasteiger partial charge in [-0.1, -0.05) is 48.0 Å². The van der Waals surface area contributed by atoms with Crippen molar-refractivity contribution in [3.63, 3.8) is 0 Å². The molecule has 0 bridgehead atoms. The van der Waals surface area contributed by atoms with E-state index in [1.54, 1.807) is 35.2 Å². The van der Waals surface area contributed by atoms with Gasteiger partial charge in [-0.05, 0) is 52.7 Å². The van der Waals surface area contributed by atoms with Crippen molar-refractivity contribution in [2.45, 2.75) is 10.6 Å². The van der Waals surface area contributed by atoms with Crippen LogP contribution in [0.25, 0.3) is 10.8 Å². The summed E-state index contributed by atoms with van der Waals surface area (Å²) in [5, 5.41) is 2.35. The van der Waals surface area contributed by atoms with Crippen LogP contribution in [0.3, 0.4) is 0 Å². The smallest absolute Gasteiger partial charge is 0.254 e. The number of hydrogen-bond acceptors (Lipinski definition) is 5. The molecule has 1 aromatic heterocycles. The summed E-state index contributed by atoms with van der Waals surface area (Å²) < 4.78 is 28.3. The first-order valence-electron chi connectivity index (χ1n) is 11.7. The van der Waals surface area contributed by atoms with E-state index >= 15 is 0 Å². The van der Waals surface area contributed by atoms with E-state index in [9.17, 15) is 18.0 Å². The van der Waals surface area contributed by atoms with Crippen LogP contribution in [-0.2, 0) is 16.4 Å². The average molecular weight is 554 g/mol. The predicted octanol–water partition coefficient (Wildman–Crippen LogP) is 4.39. The Bertz CT molecular complexity index is 1600. The maximum atomic E-state index is 13.3. The van der Waals surface area contributed by atoms with Gasteiger partial charge in [-0.15, -0.1) is 11.3 Å². The molecule has 0 radical (unpaired) electrons. The van der Waals surface area contributed by atoms with Gasteiger partial charge in [0.05, 0.1) is 0 Å². The maximum absolute atomic E-state index is 13.3. The lowest BCUT2D eigenvalue weighted by atomic mass is 10.0. The van der Waals surface area contributed by atoms with Crippen molar-refractivity contribution in [3.05, 3.63) is 99.4 Å². The highest BCUT2D eigenvalue weighted by molar-refractivity contribution is 7.91. The summed E-state index contributed by atoms with van der Waals surface area (Å²) in [7, 11) is -3.72. The van der Waals surface area contributed by atoms with Crippen LogP contribution in [-0.4, -0.2) is 55.6 Å². The Morgan fingerprint density at radius 1 is 0.892 bits per heavy atom. The molecule has 37 heavy (non-hydrogen) atoms. The van der Waals surface area contributed by atoms with Crippen LogP contribution in [0.2, 0.25) is 5.02 Å². The van der Waals surface area contributed by atoms with Gasteiger partial charge >= 0.3 is 0 Å². The van der Waals surface area contributed by atoms with Gasteiger partial charge in [0.2, 0.25) is 5.91 Å². The fourth-order valence-electron chi connectivity index (χ4n) is 4.57. The van der Waals surface area contributed by atoms with Gasteiger partial charge in [0.15, 0.2) is 0 Å². The van der Waals surface area contributed by atoms with E-state index in [1.165, 1.54) is 4.31 Å². The monoisotopic (exact) mass is 553 g/mol. The van der Waals surface area contributed by atoms with Gasteiger partial charge in [0.1, 0.15) is 4.21 Å². The Hall–Kier alpha value is -3.24. The van der Waals surface area contributed by atoms with E-state index in [2.05, 4.69) is 0 Å². The van der Waals surface area contributed by atoms with Crippen molar-refractivity contribution in [2.24, 2.45) is 5.73 Å². The standard InChI is InChI=1S/C27H24ClN3O4S2/c28-20-8-10-23(26(29)32)19(16-20)17-21-9-11-25(36-21)37(34,35)31-14-12-30(13-15-31)27(33)24-7-3-5-18-4-1-2-6-22(18)24/h1-11,16H,12-15,17H2,(H2,29,32). The molecular weight excluding hydrogens is 530 g/mol. The Morgan fingerprint density at radius 3 is 2.38 bits per heavy atom. The molecule has 7 nitrogen and oxygen atoms in total. The Morgan fingerprint density at radius 2 is 1.62 bits per heavy atom. The van der Waals surface area contributed by atoms with Gasteiger partial charge in [0, 0.05) is 53.6 Å². The molecule has 4 aromatic rings. The number of piperazine rings is 1. The Kier molecular flexibility index (Phi) is 7.04. The number of sulfonamides is 1. The number of fused-ring (bicyclic) bond motifs is 1. The first kappa shape index (κ1) is 25.4. The molecule has 2 N–H and O–H groups in total. The normalized spacial score (nSPS) is 14.7. The highest BCUT2D eigenvalue weighted by Crippen LogP contribution is 2.29. The number of rotatable bonds is 6. The molecule has 1 aliphatic rings. The lowest BCUT2D eigenvalue weighted by Crippen LogP contribution is -2.50. The van der Waals surface area contributed by atoms with Crippen molar-refractivity contribution >= 4 is 55.5 Å². The van der Waals surface area contributed by atoms with E-state index < -0.39 is 15.9 Å². The fourth-order valence-corrected chi connectivity index (χ4v) is 7.72. The number of carbonyl (C=O) groups excluding carboxylic acids is 2. The van der Waals surface area contributed by atoms with Crippen molar-refractivity contribution < 1.29 is 18.0 Å². The van der Waals surface area contributed by atoms with Gasteiger partial charge in [-0.25, -0.2) is 8.42 Å². The highest BCUT2D eigenvalue weighted by Gasteiger charge is 2.32. The molecule has 0 unspecified atom stereocenters. The molecule has 1 aliphatic heterocycles. The van der Waals surface area contributed by atoms with Crippen LogP contribution in [0.4, 0.5) is 0 Å². The molecule has 2 heterocycles. The Labute approximate surface area is 224 Å². The minimum atomic E-state index is -3.72.